The van der Waals surface area contributed by atoms with Crippen LogP contribution in [0.1, 0.15) is 51.1 Å². The number of hydrogen-bond donors (Lipinski definition) is 1. The number of benzene rings is 1. The molecule has 1 heterocycles. The van der Waals surface area contributed by atoms with Gasteiger partial charge < -0.3 is 5.32 Å². The van der Waals surface area contributed by atoms with Crippen molar-refractivity contribution in [2.45, 2.75) is 57.7 Å². The first-order valence-corrected chi connectivity index (χ1v) is 8.28. The largest absolute Gasteiger partial charge is 0.311 e. The fraction of sp³-hybridized carbons (Fsp3) is 0.667. The van der Waals surface area contributed by atoms with Gasteiger partial charge in [-0.25, -0.2) is 0 Å². The Balaban J connectivity index is 1.80. The molecule has 0 amide bonds. The summed E-state index contributed by atoms with van der Waals surface area (Å²) in [4.78, 5) is 2.80. The van der Waals surface area contributed by atoms with E-state index in [9.17, 15) is 0 Å². The first-order valence-electron chi connectivity index (χ1n) is 8.28. The highest BCUT2D eigenvalue weighted by Crippen LogP contribution is 2.34. The third-order valence-electron chi connectivity index (χ3n) is 5.11. The SMILES string of the molecule is CC1CCCC(N2CC(C)NCC2c2ccccc2)C1. The van der Waals surface area contributed by atoms with Gasteiger partial charge in [-0.2, -0.15) is 0 Å². The van der Waals surface area contributed by atoms with Crippen LogP contribution in [-0.2, 0) is 0 Å². The van der Waals surface area contributed by atoms with Crippen molar-refractivity contribution < 1.29 is 0 Å². The van der Waals surface area contributed by atoms with Crippen molar-refractivity contribution in [2.24, 2.45) is 5.92 Å². The van der Waals surface area contributed by atoms with E-state index >= 15 is 0 Å². The molecule has 20 heavy (non-hydrogen) atoms. The Morgan fingerprint density at radius 1 is 1.10 bits per heavy atom. The summed E-state index contributed by atoms with van der Waals surface area (Å²) in [6.07, 6.45) is 5.61. The van der Waals surface area contributed by atoms with E-state index in [1.165, 1.54) is 37.8 Å². The number of nitrogens with zero attached hydrogens (tertiary/aromatic N) is 1. The first kappa shape index (κ1) is 14.1. The van der Waals surface area contributed by atoms with Crippen molar-refractivity contribution in [3.63, 3.8) is 0 Å². The minimum atomic E-state index is 0.558. The number of hydrogen-bond acceptors (Lipinski definition) is 2. The predicted octanol–water partition coefficient (Wildman–Crippen LogP) is 3.60. The lowest BCUT2D eigenvalue weighted by molar-refractivity contribution is 0.0535. The van der Waals surface area contributed by atoms with Crippen LogP contribution in [0, 0.1) is 5.92 Å². The summed E-state index contributed by atoms with van der Waals surface area (Å²) < 4.78 is 0. The molecule has 4 unspecified atom stereocenters. The van der Waals surface area contributed by atoms with Crippen LogP contribution in [0.2, 0.25) is 0 Å². The molecule has 1 saturated heterocycles. The Morgan fingerprint density at radius 2 is 1.90 bits per heavy atom. The minimum absolute atomic E-state index is 0.558. The molecular formula is C18H28N2. The van der Waals surface area contributed by atoms with Crippen LogP contribution in [0.25, 0.3) is 0 Å². The van der Waals surface area contributed by atoms with Crippen LogP contribution in [-0.4, -0.2) is 30.1 Å². The molecular weight excluding hydrogens is 244 g/mol. The average Bonchev–Trinajstić information content (AvgIpc) is 2.48. The van der Waals surface area contributed by atoms with Gasteiger partial charge in [0, 0.05) is 31.2 Å². The van der Waals surface area contributed by atoms with Crippen molar-refractivity contribution >= 4 is 0 Å². The van der Waals surface area contributed by atoms with Gasteiger partial charge in [-0.15, -0.1) is 0 Å². The van der Waals surface area contributed by atoms with Crippen molar-refractivity contribution in [1.29, 1.82) is 0 Å². The third kappa shape index (κ3) is 3.07. The predicted molar refractivity (Wildman–Crippen MR) is 84.8 cm³/mol. The fourth-order valence-corrected chi connectivity index (χ4v) is 4.03. The zero-order valence-electron chi connectivity index (χ0n) is 12.9. The molecule has 0 bridgehead atoms. The molecule has 1 aromatic rings. The molecule has 0 spiro atoms. The van der Waals surface area contributed by atoms with Gasteiger partial charge in [0.05, 0.1) is 0 Å². The number of rotatable bonds is 2. The van der Waals surface area contributed by atoms with Crippen LogP contribution in [0.4, 0.5) is 0 Å². The standard InChI is InChI=1S/C18H28N2/c1-14-7-6-10-17(11-14)20-13-15(2)19-12-18(20)16-8-4-3-5-9-16/h3-5,8-9,14-15,17-19H,6-7,10-13H2,1-2H3. The lowest BCUT2D eigenvalue weighted by Gasteiger charge is -2.46. The molecule has 1 aliphatic carbocycles. The lowest BCUT2D eigenvalue weighted by atomic mass is 9.84. The lowest BCUT2D eigenvalue weighted by Crippen LogP contribution is -2.55. The third-order valence-corrected chi connectivity index (χ3v) is 5.11. The monoisotopic (exact) mass is 272 g/mol. The molecule has 1 saturated carbocycles. The van der Waals surface area contributed by atoms with E-state index in [2.05, 4.69) is 54.4 Å². The van der Waals surface area contributed by atoms with E-state index in [0.29, 0.717) is 12.1 Å². The van der Waals surface area contributed by atoms with Crippen LogP contribution >= 0.6 is 0 Å². The normalized spacial score (nSPS) is 35.9. The van der Waals surface area contributed by atoms with Crippen molar-refractivity contribution in [3.05, 3.63) is 35.9 Å². The molecule has 2 nitrogen and oxygen atoms in total. The molecule has 1 aliphatic heterocycles. The second kappa shape index (κ2) is 6.28. The summed E-state index contributed by atoms with van der Waals surface area (Å²) in [6, 6.07) is 13.0. The summed E-state index contributed by atoms with van der Waals surface area (Å²) in [6.45, 7) is 7.03. The molecule has 2 fully saturated rings. The van der Waals surface area contributed by atoms with Crippen LogP contribution in [0.3, 0.4) is 0 Å². The van der Waals surface area contributed by atoms with Gasteiger partial charge in [0.25, 0.3) is 0 Å². The Morgan fingerprint density at radius 3 is 2.65 bits per heavy atom. The van der Waals surface area contributed by atoms with E-state index < -0.39 is 0 Å². The maximum Gasteiger partial charge on any atom is 0.0476 e. The van der Waals surface area contributed by atoms with Gasteiger partial charge in [-0.3, -0.25) is 4.90 Å². The summed E-state index contributed by atoms with van der Waals surface area (Å²) in [5.41, 5.74) is 1.48. The molecule has 0 aromatic heterocycles. The Kier molecular flexibility index (Phi) is 4.42. The maximum atomic E-state index is 3.67. The van der Waals surface area contributed by atoms with Gasteiger partial charge in [0.1, 0.15) is 0 Å². The van der Waals surface area contributed by atoms with E-state index in [1.54, 1.807) is 0 Å². The molecule has 0 radical (unpaired) electrons. The van der Waals surface area contributed by atoms with Gasteiger partial charge in [-0.1, -0.05) is 50.1 Å². The summed E-state index contributed by atoms with van der Waals surface area (Å²) in [5, 5.41) is 3.67. The van der Waals surface area contributed by atoms with Gasteiger partial charge in [0.15, 0.2) is 0 Å². The molecule has 4 atom stereocenters. The van der Waals surface area contributed by atoms with Crippen LogP contribution in [0.15, 0.2) is 30.3 Å². The number of nitrogens with one attached hydrogen (secondary N) is 1. The highest BCUT2D eigenvalue weighted by atomic mass is 15.3. The van der Waals surface area contributed by atoms with Crippen LogP contribution in [0.5, 0.6) is 0 Å². The van der Waals surface area contributed by atoms with E-state index in [1.807, 2.05) is 0 Å². The Hall–Kier alpha value is -0.860. The highest BCUT2D eigenvalue weighted by Gasteiger charge is 2.34. The Labute approximate surface area is 123 Å². The smallest absolute Gasteiger partial charge is 0.0476 e. The van der Waals surface area contributed by atoms with Gasteiger partial charge >= 0.3 is 0 Å². The second-order valence-corrected chi connectivity index (χ2v) is 6.86. The van der Waals surface area contributed by atoms with E-state index in [-0.39, 0.29) is 0 Å². The van der Waals surface area contributed by atoms with Crippen molar-refractivity contribution in [3.8, 4) is 0 Å². The highest BCUT2D eigenvalue weighted by molar-refractivity contribution is 5.20. The van der Waals surface area contributed by atoms with Crippen molar-refractivity contribution in [1.82, 2.24) is 10.2 Å². The quantitative estimate of drug-likeness (QED) is 0.885. The zero-order valence-corrected chi connectivity index (χ0v) is 12.9. The second-order valence-electron chi connectivity index (χ2n) is 6.86. The van der Waals surface area contributed by atoms with E-state index in [0.717, 1.165) is 18.5 Å². The molecule has 110 valence electrons. The molecule has 3 rings (SSSR count). The first-order chi connectivity index (χ1) is 9.74. The summed E-state index contributed by atoms with van der Waals surface area (Å²) >= 11 is 0. The fourth-order valence-electron chi connectivity index (χ4n) is 4.03. The van der Waals surface area contributed by atoms with Gasteiger partial charge in [0.2, 0.25) is 0 Å². The maximum absolute atomic E-state index is 3.67. The average molecular weight is 272 g/mol. The molecule has 1 aromatic carbocycles. The summed E-state index contributed by atoms with van der Waals surface area (Å²) in [7, 11) is 0. The van der Waals surface area contributed by atoms with Crippen LogP contribution < -0.4 is 5.32 Å². The van der Waals surface area contributed by atoms with E-state index in [4.69, 9.17) is 0 Å². The minimum Gasteiger partial charge on any atom is -0.311 e. The van der Waals surface area contributed by atoms with Gasteiger partial charge in [-0.05, 0) is 31.2 Å². The molecule has 2 aliphatic rings. The molecule has 2 heteroatoms. The molecule has 1 N–H and O–H groups in total. The zero-order chi connectivity index (χ0) is 13.9. The Bertz CT molecular complexity index is 417. The topological polar surface area (TPSA) is 15.3 Å². The summed E-state index contributed by atoms with van der Waals surface area (Å²) in [5.74, 6) is 0.898. The number of piperazine rings is 1. The van der Waals surface area contributed by atoms with Crippen molar-refractivity contribution in [2.75, 3.05) is 13.1 Å².